The van der Waals surface area contributed by atoms with Crippen molar-refractivity contribution in [2.45, 2.75) is 33.6 Å². The minimum absolute atomic E-state index is 0.421. The highest BCUT2D eigenvalue weighted by Crippen LogP contribution is 2.65. The van der Waals surface area contributed by atoms with E-state index in [1.54, 1.807) is 0 Å². The Morgan fingerprint density at radius 2 is 2.15 bits per heavy atom. The molecule has 0 aromatic heterocycles. The van der Waals surface area contributed by atoms with Gasteiger partial charge < -0.3 is 0 Å². The summed E-state index contributed by atoms with van der Waals surface area (Å²) >= 11 is 3.83. The Hall–Kier alpha value is 0.500. The molecule has 1 heterocycles. The molecule has 3 heteroatoms. The lowest BCUT2D eigenvalue weighted by molar-refractivity contribution is -0.116. The van der Waals surface area contributed by atoms with Gasteiger partial charge in [0.05, 0.1) is 0 Å². The van der Waals surface area contributed by atoms with E-state index in [1.165, 1.54) is 17.9 Å². The van der Waals surface area contributed by atoms with Crippen LogP contribution >= 0.6 is 23.3 Å². The Morgan fingerprint density at radius 1 is 1.54 bits per heavy atom. The van der Waals surface area contributed by atoms with E-state index in [0.717, 1.165) is 5.75 Å². The van der Waals surface area contributed by atoms with Gasteiger partial charge in [-0.1, -0.05) is 20.8 Å². The Bertz CT molecular complexity index is 215. The van der Waals surface area contributed by atoms with Gasteiger partial charge in [-0.25, -0.2) is 0 Å². The van der Waals surface area contributed by atoms with Gasteiger partial charge in [0.25, 0.3) is 0 Å². The maximum Gasteiger partial charge on any atom is 0.141 e. The van der Waals surface area contributed by atoms with Crippen molar-refractivity contribution in [3.8, 4) is 0 Å². The zero-order valence-corrected chi connectivity index (χ0v) is 11.1. The quantitative estimate of drug-likeness (QED) is 0.764. The monoisotopic (exact) mass is 266 g/mol. The molecule has 13 heavy (non-hydrogen) atoms. The summed E-state index contributed by atoms with van der Waals surface area (Å²) in [7, 11) is -0.760. The number of carbonyl (C=O) groups is 1. The minimum atomic E-state index is -0.760. The van der Waals surface area contributed by atoms with Crippen LogP contribution in [0.2, 0.25) is 0 Å². The van der Waals surface area contributed by atoms with Crippen molar-refractivity contribution in [2.24, 2.45) is 5.41 Å². The molecular formula is C10H19BrOS. The van der Waals surface area contributed by atoms with Crippen LogP contribution in [0, 0.1) is 5.41 Å². The van der Waals surface area contributed by atoms with Gasteiger partial charge in [-0.3, -0.25) is 4.79 Å². The Labute approximate surface area is 90.2 Å². The van der Waals surface area contributed by atoms with Gasteiger partial charge in [0.15, 0.2) is 0 Å². The van der Waals surface area contributed by atoms with Gasteiger partial charge in [0.2, 0.25) is 0 Å². The number of rotatable bonds is 3. The number of Topliss-reactive ketones (excluding diaryl/α,β-unsaturated/α-hetero) is 1. The number of carbonyl (C=O) groups excluding carboxylic acids is 1. The molecule has 0 amide bonds. The molecule has 0 radical (unpaired) electrons. The van der Waals surface area contributed by atoms with E-state index in [4.69, 9.17) is 0 Å². The molecular weight excluding hydrogens is 248 g/mol. The van der Waals surface area contributed by atoms with Crippen LogP contribution in [-0.4, -0.2) is 23.0 Å². The van der Waals surface area contributed by atoms with Gasteiger partial charge in [-0.15, -0.1) is 0 Å². The molecule has 1 rings (SSSR count). The lowest BCUT2D eigenvalue weighted by Crippen LogP contribution is -2.14. The summed E-state index contributed by atoms with van der Waals surface area (Å²) in [4.78, 5) is 11.4. The second-order valence-electron chi connectivity index (χ2n) is 4.74. The fourth-order valence-electron chi connectivity index (χ4n) is 1.82. The van der Waals surface area contributed by atoms with Crippen molar-refractivity contribution < 1.29 is 4.79 Å². The van der Waals surface area contributed by atoms with Crippen LogP contribution in [0.25, 0.3) is 0 Å². The summed E-state index contributed by atoms with van der Waals surface area (Å²) in [6.07, 6.45) is 1.96. The summed E-state index contributed by atoms with van der Waals surface area (Å²) in [5.74, 6) is 3.66. The highest BCUT2D eigenvalue weighted by Gasteiger charge is 2.38. The van der Waals surface area contributed by atoms with E-state index < -0.39 is 8.46 Å². The molecule has 1 atom stereocenters. The second-order valence-corrected chi connectivity index (χ2v) is 11.7. The van der Waals surface area contributed by atoms with Crippen LogP contribution in [0.5, 0.6) is 0 Å². The summed E-state index contributed by atoms with van der Waals surface area (Å²) in [6.45, 7) is 6.57. The molecule has 1 nitrogen and oxygen atoms in total. The molecule has 0 bridgehead atoms. The standard InChI is InChI=1S/C10H19BrOS/c1-4-9(12)7-13(11)6-5-10(2,3)8-13/h4-8H2,1-3H3. The van der Waals surface area contributed by atoms with E-state index in [9.17, 15) is 4.79 Å². The molecule has 0 saturated carbocycles. The van der Waals surface area contributed by atoms with Crippen LogP contribution in [0.15, 0.2) is 0 Å². The summed E-state index contributed by atoms with van der Waals surface area (Å²) in [5, 5.41) is 0. The third-order valence-electron chi connectivity index (χ3n) is 2.61. The van der Waals surface area contributed by atoms with Crippen molar-refractivity contribution in [3.63, 3.8) is 0 Å². The molecule has 1 fully saturated rings. The fourth-order valence-corrected chi connectivity index (χ4v) is 8.56. The number of ketones is 1. The third-order valence-corrected chi connectivity index (χ3v) is 8.03. The summed E-state index contributed by atoms with van der Waals surface area (Å²) in [6, 6.07) is 0. The van der Waals surface area contributed by atoms with Crippen molar-refractivity contribution in [3.05, 3.63) is 0 Å². The number of hydrogen-bond acceptors (Lipinski definition) is 1. The van der Waals surface area contributed by atoms with Gasteiger partial charge >= 0.3 is 0 Å². The van der Waals surface area contributed by atoms with Crippen molar-refractivity contribution in [2.75, 3.05) is 17.3 Å². The molecule has 0 aromatic carbocycles. The first-order chi connectivity index (χ1) is 5.87. The Morgan fingerprint density at radius 3 is 2.54 bits per heavy atom. The topological polar surface area (TPSA) is 17.1 Å². The van der Waals surface area contributed by atoms with E-state index in [1.807, 2.05) is 6.92 Å². The maximum atomic E-state index is 11.4. The summed E-state index contributed by atoms with van der Waals surface area (Å²) < 4.78 is 0. The number of halogens is 1. The SMILES string of the molecule is CCC(=O)CS1(Br)CCC(C)(C)C1. The average Bonchev–Trinajstić information content (AvgIpc) is 2.25. The first-order valence-corrected chi connectivity index (χ1v) is 8.83. The smallest absolute Gasteiger partial charge is 0.141 e. The average molecular weight is 267 g/mol. The molecule has 1 aliphatic rings. The first-order valence-electron chi connectivity index (χ1n) is 4.85. The van der Waals surface area contributed by atoms with Crippen molar-refractivity contribution in [1.29, 1.82) is 0 Å². The van der Waals surface area contributed by atoms with E-state index in [0.29, 0.717) is 17.6 Å². The highest BCUT2D eigenvalue weighted by atomic mass is 79.9. The summed E-state index contributed by atoms with van der Waals surface area (Å²) in [5.41, 5.74) is 0.451. The second kappa shape index (κ2) is 3.93. The molecule has 1 saturated heterocycles. The molecule has 0 aromatic rings. The normalized spacial score (nSPS) is 36.9. The molecule has 0 aliphatic carbocycles. The third kappa shape index (κ3) is 3.28. The van der Waals surface area contributed by atoms with Gasteiger partial charge in [0, 0.05) is 12.2 Å². The van der Waals surface area contributed by atoms with Crippen LogP contribution in [0.1, 0.15) is 33.6 Å². The zero-order chi connectivity index (χ0) is 10.1. The molecule has 1 aliphatic heterocycles. The lowest BCUT2D eigenvalue weighted by Gasteiger charge is -2.29. The molecule has 0 N–H and O–H groups in total. The fraction of sp³-hybridized carbons (Fsp3) is 0.900. The van der Waals surface area contributed by atoms with Gasteiger partial charge in [-0.2, -0.15) is 8.46 Å². The largest absolute Gasteiger partial charge is 0.299 e. The molecule has 1 unspecified atom stereocenters. The van der Waals surface area contributed by atoms with E-state index in [2.05, 4.69) is 28.7 Å². The first kappa shape index (κ1) is 11.6. The van der Waals surface area contributed by atoms with Crippen molar-refractivity contribution in [1.82, 2.24) is 0 Å². The Kier molecular flexibility index (Phi) is 3.50. The van der Waals surface area contributed by atoms with E-state index in [-0.39, 0.29) is 0 Å². The van der Waals surface area contributed by atoms with Crippen LogP contribution < -0.4 is 0 Å². The predicted molar refractivity (Wildman–Crippen MR) is 64.8 cm³/mol. The highest BCUT2D eigenvalue weighted by molar-refractivity contribution is 9.58. The van der Waals surface area contributed by atoms with Crippen LogP contribution in [0.4, 0.5) is 0 Å². The van der Waals surface area contributed by atoms with Crippen LogP contribution in [0.3, 0.4) is 0 Å². The van der Waals surface area contributed by atoms with E-state index >= 15 is 0 Å². The lowest BCUT2D eigenvalue weighted by atomic mass is 9.94. The minimum Gasteiger partial charge on any atom is -0.299 e. The molecule has 0 spiro atoms. The predicted octanol–water partition coefficient (Wildman–Crippen LogP) is 3.51. The number of hydrogen-bond donors (Lipinski definition) is 0. The van der Waals surface area contributed by atoms with Crippen molar-refractivity contribution >= 4 is 29.1 Å². The van der Waals surface area contributed by atoms with Gasteiger partial charge in [0.1, 0.15) is 5.78 Å². The van der Waals surface area contributed by atoms with Crippen LogP contribution in [-0.2, 0) is 4.79 Å². The zero-order valence-electron chi connectivity index (χ0n) is 8.73. The molecule has 78 valence electrons. The Balaban J connectivity index is 2.55. The van der Waals surface area contributed by atoms with Gasteiger partial charge in [-0.05, 0) is 38.2 Å². The maximum absolute atomic E-state index is 11.4.